The van der Waals surface area contributed by atoms with Gasteiger partial charge in [0.25, 0.3) is 0 Å². The number of carbonyl (C=O) groups excluding carboxylic acids is 1. The van der Waals surface area contributed by atoms with Gasteiger partial charge in [0.15, 0.2) is 0 Å². The predicted molar refractivity (Wildman–Crippen MR) is 91.1 cm³/mol. The van der Waals surface area contributed by atoms with E-state index < -0.39 is 16.1 Å². The van der Waals surface area contributed by atoms with Gasteiger partial charge in [-0.2, -0.15) is 0 Å². The van der Waals surface area contributed by atoms with Crippen LogP contribution in [0.5, 0.6) is 0 Å². The highest BCUT2D eigenvalue weighted by Gasteiger charge is 2.20. The minimum absolute atomic E-state index is 0.167. The van der Waals surface area contributed by atoms with Crippen LogP contribution in [0, 0.1) is 6.92 Å². The Morgan fingerprint density at radius 2 is 1.57 bits per heavy atom. The summed E-state index contributed by atoms with van der Waals surface area (Å²) >= 11 is 0. The number of carbonyl (C=O) groups is 1. The van der Waals surface area contributed by atoms with Crippen molar-refractivity contribution in [2.75, 3.05) is 24.7 Å². The van der Waals surface area contributed by atoms with Gasteiger partial charge in [-0.15, -0.1) is 0 Å². The number of para-hydroxylation sites is 1. The highest BCUT2D eigenvalue weighted by atomic mass is 32.2. The predicted octanol–water partition coefficient (Wildman–Crippen LogP) is 2.89. The van der Waals surface area contributed by atoms with Gasteiger partial charge < -0.3 is 10.6 Å². The lowest BCUT2D eigenvalue weighted by Crippen LogP contribution is -2.24. The molecule has 0 bridgehead atoms. The Kier molecular flexibility index (Phi) is 5.02. The van der Waals surface area contributed by atoms with Crippen molar-refractivity contribution in [2.45, 2.75) is 11.8 Å². The average molecular weight is 333 g/mol. The highest BCUT2D eigenvalue weighted by molar-refractivity contribution is 7.89. The first-order valence-electron chi connectivity index (χ1n) is 6.97. The zero-order chi connectivity index (χ0) is 17.0. The second-order valence-corrected chi connectivity index (χ2v) is 7.33. The minimum Gasteiger partial charge on any atom is -0.308 e. The fraction of sp³-hybridized carbons (Fsp3) is 0.188. The fourth-order valence-electron chi connectivity index (χ4n) is 1.97. The van der Waals surface area contributed by atoms with Crippen molar-refractivity contribution in [1.82, 2.24) is 4.31 Å². The summed E-state index contributed by atoms with van der Waals surface area (Å²) in [4.78, 5) is 12.1. The Morgan fingerprint density at radius 1 is 0.957 bits per heavy atom. The van der Waals surface area contributed by atoms with Gasteiger partial charge in [0.1, 0.15) is 0 Å². The Balaban J connectivity index is 2.20. The summed E-state index contributed by atoms with van der Waals surface area (Å²) < 4.78 is 25.7. The second-order valence-electron chi connectivity index (χ2n) is 5.21. The quantitative estimate of drug-likeness (QED) is 0.903. The molecule has 0 saturated heterocycles. The summed E-state index contributed by atoms with van der Waals surface area (Å²) in [6, 6.07) is 13.3. The van der Waals surface area contributed by atoms with E-state index in [1.807, 2.05) is 18.2 Å². The summed E-state index contributed by atoms with van der Waals surface area (Å²) in [5.41, 5.74) is 1.68. The first kappa shape index (κ1) is 17.0. The molecular formula is C16H19N3O3S. The maximum atomic E-state index is 12.3. The molecule has 0 spiro atoms. The lowest BCUT2D eigenvalue weighted by molar-refractivity contribution is 0.262. The molecule has 2 aromatic rings. The summed E-state index contributed by atoms with van der Waals surface area (Å²) in [7, 11) is -0.625. The standard InChI is InChI=1S/C16H19N3O3S/c1-12-9-10-14(11-15(12)23(21,22)19(2)3)18-16(20)17-13-7-5-4-6-8-13/h4-11H,1-3H3,(H2,17,18,20). The van der Waals surface area contributed by atoms with Crippen molar-refractivity contribution in [1.29, 1.82) is 0 Å². The maximum Gasteiger partial charge on any atom is 0.323 e. The Labute approximate surface area is 136 Å². The molecule has 23 heavy (non-hydrogen) atoms. The molecular weight excluding hydrogens is 314 g/mol. The number of aryl methyl sites for hydroxylation is 1. The van der Waals surface area contributed by atoms with Gasteiger partial charge >= 0.3 is 6.03 Å². The van der Waals surface area contributed by atoms with Crippen LogP contribution in [0.4, 0.5) is 16.2 Å². The number of nitrogens with zero attached hydrogens (tertiary/aromatic N) is 1. The second kappa shape index (κ2) is 6.80. The number of anilines is 2. The van der Waals surface area contributed by atoms with E-state index in [9.17, 15) is 13.2 Å². The third-order valence-electron chi connectivity index (χ3n) is 3.24. The van der Waals surface area contributed by atoms with Gasteiger partial charge in [0.05, 0.1) is 4.90 Å². The lowest BCUT2D eigenvalue weighted by Gasteiger charge is -2.15. The molecule has 2 rings (SSSR count). The van der Waals surface area contributed by atoms with Crippen molar-refractivity contribution in [3.63, 3.8) is 0 Å². The molecule has 7 heteroatoms. The van der Waals surface area contributed by atoms with Gasteiger partial charge in [0, 0.05) is 25.5 Å². The number of sulfonamides is 1. The van der Waals surface area contributed by atoms with Gasteiger partial charge in [0.2, 0.25) is 10.0 Å². The van der Waals surface area contributed by atoms with Crippen LogP contribution in [0.1, 0.15) is 5.56 Å². The number of amides is 2. The third kappa shape index (κ3) is 4.08. The number of hydrogen-bond acceptors (Lipinski definition) is 3. The molecule has 0 heterocycles. The Bertz CT molecular complexity index is 803. The van der Waals surface area contributed by atoms with Crippen LogP contribution in [0.2, 0.25) is 0 Å². The van der Waals surface area contributed by atoms with Crippen LogP contribution in [0.15, 0.2) is 53.4 Å². The number of hydrogen-bond donors (Lipinski definition) is 2. The van der Waals surface area contributed by atoms with Crippen molar-refractivity contribution >= 4 is 27.4 Å². The van der Waals surface area contributed by atoms with Crippen LogP contribution in [-0.4, -0.2) is 32.8 Å². The zero-order valence-corrected chi connectivity index (χ0v) is 14.0. The van der Waals surface area contributed by atoms with Gasteiger partial charge in [-0.3, -0.25) is 0 Å². The molecule has 0 fully saturated rings. The lowest BCUT2D eigenvalue weighted by atomic mass is 10.2. The van der Waals surface area contributed by atoms with E-state index in [-0.39, 0.29) is 4.90 Å². The number of urea groups is 1. The number of benzene rings is 2. The largest absolute Gasteiger partial charge is 0.323 e. The van der Waals surface area contributed by atoms with Crippen LogP contribution < -0.4 is 10.6 Å². The monoisotopic (exact) mass is 333 g/mol. The minimum atomic E-state index is -3.56. The van der Waals surface area contributed by atoms with E-state index in [1.165, 1.54) is 20.2 Å². The normalized spacial score (nSPS) is 11.3. The van der Waals surface area contributed by atoms with Gasteiger partial charge in [-0.1, -0.05) is 24.3 Å². The molecule has 0 aliphatic heterocycles. The molecule has 2 aromatic carbocycles. The van der Waals surface area contributed by atoms with E-state index in [0.29, 0.717) is 16.9 Å². The molecule has 122 valence electrons. The average Bonchev–Trinajstić information content (AvgIpc) is 2.49. The van der Waals surface area contributed by atoms with Crippen molar-refractivity contribution in [2.24, 2.45) is 0 Å². The van der Waals surface area contributed by atoms with Crippen LogP contribution in [0.25, 0.3) is 0 Å². The fourth-order valence-corrected chi connectivity index (χ4v) is 3.11. The van der Waals surface area contributed by atoms with Crippen LogP contribution in [0.3, 0.4) is 0 Å². The van der Waals surface area contributed by atoms with Gasteiger partial charge in [-0.25, -0.2) is 17.5 Å². The first-order chi connectivity index (χ1) is 10.8. The zero-order valence-electron chi connectivity index (χ0n) is 13.2. The SMILES string of the molecule is Cc1ccc(NC(=O)Nc2ccccc2)cc1S(=O)(=O)N(C)C. The van der Waals surface area contributed by atoms with E-state index in [0.717, 1.165) is 4.31 Å². The van der Waals surface area contributed by atoms with Gasteiger partial charge in [-0.05, 0) is 36.8 Å². The van der Waals surface area contributed by atoms with Crippen molar-refractivity contribution in [3.05, 3.63) is 54.1 Å². The van der Waals surface area contributed by atoms with E-state index in [4.69, 9.17) is 0 Å². The van der Waals surface area contributed by atoms with Crippen LogP contribution >= 0.6 is 0 Å². The molecule has 0 aliphatic carbocycles. The molecule has 0 radical (unpaired) electrons. The summed E-state index contributed by atoms with van der Waals surface area (Å²) in [5, 5.41) is 5.31. The molecule has 0 aromatic heterocycles. The molecule has 2 amide bonds. The molecule has 0 saturated carbocycles. The molecule has 0 aliphatic rings. The molecule has 6 nitrogen and oxygen atoms in total. The van der Waals surface area contributed by atoms with E-state index >= 15 is 0 Å². The topological polar surface area (TPSA) is 78.5 Å². The van der Waals surface area contributed by atoms with E-state index in [2.05, 4.69) is 10.6 Å². The molecule has 2 N–H and O–H groups in total. The Hall–Kier alpha value is -2.38. The molecule has 0 unspecified atom stereocenters. The van der Waals surface area contributed by atoms with Crippen molar-refractivity contribution in [3.8, 4) is 0 Å². The van der Waals surface area contributed by atoms with Crippen molar-refractivity contribution < 1.29 is 13.2 Å². The van der Waals surface area contributed by atoms with E-state index in [1.54, 1.807) is 31.2 Å². The smallest absolute Gasteiger partial charge is 0.308 e. The third-order valence-corrected chi connectivity index (χ3v) is 5.19. The summed E-state index contributed by atoms with van der Waals surface area (Å²) in [5.74, 6) is 0. The summed E-state index contributed by atoms with van der Waals surface area (Å²) in [6.45, 7) is 1.71. The highest BCUT2D eigenvalue weighted by Crippen LogP contribution is 2.22. The molecule has 0 atom stereocenters. The maximum absolute atomic E-state index is 12.3. The first-order valence-corrected chi connectivity index (χ1v) is 8.41. The summed E-state index contributed by atoms with van der Waals surface area (Å²) in [6.07, 6.45) is 0. The Morgan fingerprint density at radius 3 is 2.17 bits per heavy atom. The number of nitrogens with one attached hydrogen (secondary N) is 2. The number of rotatable bonds is 4. The van der Waals surface area contributed by atoms with Crippen LogP contribution in [-0.2, 0) is 10.0 Å².